The number of hydrogen-bond donors (Lipinski definition) is 7. The summed E-state index contributed by atoms with van der Waals surface area (Å²) in [5, 5.41) is 29.9. The second-order valence-electron chi connectivity index (χ2n) is 14.1. The molecule has 2 heterocycles. The molecule has 17 nitrogen and oxygen atoms in total. The van der Waals surface area contributed by atoms with Gasteiger partial charge < -0.3 is 52.2 Å². The van der Waals surface area contributed by atoms with Crippen LogP contribution in [0.25, 0.3) is 22.4 Å². The monoisotopic (exact) mass is 819 g/mol. The lowest BCUT2D eigenvalue weighted by molar-refractivity contribution is -0.142. The van der Waals surface area contributed by atoms with Gasteiger partial charge in [0.05, 0.1) is 23.9 Å². The number of aromatic nitrogens is 1. The van der Waals surface area contributed by atoms with E-state index >= 15 is 0 Å². The summed E-state index contributed by atoms with van der Waals surface area (Å²) in [6.45, 7) is 2.88. The van der Waals surface area contributed by atoms with E-state index in [4.69, 9.17) is 26.2 Å². The number of nitriles is 1. The highest BCUT2D eigenvalue weighted by Gasteiger charge is 2.36. The SMILES string of the molecule is Cc1ccc(-c2ccc(C(=O)N[C@@H](CO)C(=O)N(C)[C@@H]3C(=O)N[C@@H](C)C(=O)N[C@H](C(=O)NCC#N)Cc4ccc(OCCN)c(c4)-c4cc3ccc4OCCN)cn2)cc1. The molecule has 4 bridgehead atoms. The molecule has 1 aromatic heterocycles. The number of nitrogens with one attached hydrogen (secondary N) is 4. The van der Waals surface area contributed by atoms with Crippen molar-refractivity contribution < 1.29 is 38.6 Å². The molecule has 4 aromatic rings. The summed E-state index contributed by atoms with van der Waals surface area (Å²) in [6.07, 6.45) is 1.35. The molecule has 0 fully saturated rings. The number of ether oxygens (including phenoxy) is 2. The number of benzene rings is 3. The standard InChI is InChI=1S/C43H49N9O8/c1-25-4-7-28(8-5-25)33-11-9-30(23-48-33)40(55)51-35(24-53)43(58)52(3)38-29-10-13-37(60-19-16-46)32(22-29)31-20-27(6-12-36(31)59-18-15-45)21-34(41(56)47-17-14-44)50-39(54)26(2)49-42(38)57/h4-13,20,22-23,26,34-35,38,53H,15-19,21,24,45-46H2,1-3H3,(H,47,56)(H,49,57)(H,50,54)(H,51,55)/t26-,34-,35-,38-/m0/s1. The van der Waals surface area contributed by atoms with Crippen molar-refractivity contribution in [2.75, 3.05) is 46.5 Å². The Hall–Kier alpha value is -6.87. The number of aliphatic hydroxyl groups is 1. The average Bonchev–Trinajstić information content (AvgIpc) is 3.25. The van der Waals surface area contributed by atoms with Gasteiger partial charge in [-0.05, 0) is 61.4 Å². The minimum atomic E-state index is -1.51. The number of nitrogens with two attached hydrogens (primary N) is 2. The minimum Gasteiger partial charge on any atom is -0.492 e. The van der Waals surface area contributed by atoms with Crippen LogP contribution in [0.3, 0.4) is 0 Å². The number of pyridine rings is 1. The Labute approximate surface area is 347 Å². The molecule has 314 valence electrons. The lowest BCUT2D eigenvalue weighted by Crippen LogP contribution is -2.56. The first-order chi connectivity index (χ1) is 28.9. The smallest absolute Gasteiger partial charge is 0.253 e. The van der Waals surface area contributed by atoms with Crippen LogP contribution in [0.15, 0.2) is 79.0 Å². The molecule has 5 rings (SSSR count). The number of aliphatic hydroxyl groups excluding tert-OH is 1. The van der Waals surface area contributed by atoms with Crippen LogP contribution in [0, 0.1) is 18.3 Å². The van der Waals surface area contributed by atoms with Crippen LogP contribution >= 0.6 is 0 Å². The first kappa shape index (κ1) is 44.2. The number of hydrogen-bond acceptors (Lipinski definition) is 12. The quantitative estimate of drug-likeness (QED) is 0.0875. The van der Waals surface area contributed by atoms with Gasteiger partial charge in [0.1, 0.15) is 55.4 Å². The molecule has 0 radical (unpaired) electrons. The number of carbonyl (C=O) groups excluding carboxylic acids is 5. The first-order valence-corrected chi connectivity index (χ1v) is 19.3. The number of aryl methyl sites for hydroxylation is 1. The number of likely N-dealkylation sites (N-methyl/N-ethyl adjacent to an activating group) is 1. The summed E-state index contributed by atoms with van der Waals surface area (Å²) in [6, 6.07) is 17.4. The van der Waals surface area contributed by atoms with E-state index in [0.717, 1.165) is 16.0 Å². The van der Waals surface area contributed by atoms with Gasteiger partial charge in [-0.1, -0.05) is 42.0 Å². The molecular weight excluding hydrogens is 771 g/mol. The molecule has 1 aliphatic rings. The maximum Gasteiger partial charge on any atom is 0.253 e. The predicted molar refractivity (Wildman–Crippen MR) is 221 cm³/mol. The van der Waals surface area contributed by atoms with E-state index in [-0.39, 0.29) is 50.4 Å². The summed E-state index contributed by atoms with van der Waals surface area (Å²) < 4.78 is 12.1. The van der Waals surface area contributed by atoms with Gasteiger partial charge in [0.2, 0.25) is 23.6 Å². The van der Waals surface area contributed by atoms with Crippen molar-refractivity contribution in [3.05, 3.63) is 101 Å². The molecule has 0 unspecified atom stereocenters. The van der Waals surface area contributed by atoms with E-state index in [2.05, 4.69) is 26.3 Å². The Kier molecular flexibility index (Phi) is 15.3. The zero-order valence-corrected chi connectivity index (χ0v) is 33.6. The van der Waals surface area contributed by atoms with E-state index in [9.17, 15) is 29.1 Å². The Morgan fingerprint density at radius 3 is 2.23 bits per heavy atom. The van der Waals surface area contributed by atoms with E-state index in [1.165, 1.54) is 20.2 Å². The zero-order valence-electron chi connectivity index (χ0n) is 33.6. The maximum atomic E-state index is 14.4. The van der Waals surface area contributed by atoms with Crippen LogP contribution < -0.4 is 42.2 Å². The van der Waals surface area contributed by atoms with E-state index in [0.29, 0.717) is 33.9 Å². The van der Waals surface area contributed by atoms with Gasteiger partial charge in [-0.15, -0.1) is 0 Å². The van der Waals surface area contributed by atoms with Gasteiger partial charge in [-0.3, -0.25) is 29.0 Å². The third-order valence-corrected chi connectivity index (χ3v) is 9.71. The highest BCUT2D eigenvalue weighted by molar-refractivity contribution is 5.99. The van der Waals surface area contributed by atoms with Crippen molar-refractivity contribution in [3.63, 3.8) is 0 Å². The molecule has 9 N–H and O–H groups in total. The molecule has 5 amide bonds. The van der Waals surface area contributed by atoms with Crippen molar-refractivity contribution >= 4 is 29.5 Å². The third-order valence-electron chi connectivity index (χ3n) is 9.71. The van der Waals surface area contributed by atoms with E-state index in [1.54, 1.807) is 48.5 Å². The molecule has 17 heteroatoms. The summed E-state index contributed by atoms with van der Waals surface area (Å²) in [5.41, 5.74) is 16.0. The largest absolute Gasteiger partial charge is 0.492 e. The average molecular weight is 820 g/mol. The summed E-state index contributed by atoms with van der Waals surface area (Å²) in [4.78, 5) is 74.3. The lowest BCUT2D eigenvalue weighted by Gasteiger charge is -2.32. The fraction of sp³-hybridized carbons (Fsp3) is 0.326. The second-order valence-corrected chi connectivity index (χ2v) is 14.1. The van der Waals surface area contributed by atoms with Crippen molar-refractivity contribution in [1.29, 1.82) is 5.26 Å². The number of amides is 5. The van der Waals surface area contributed by atoms with Crippen molar-refractivity contribution in [1.82, 2.24) is 31.2 Å². The predicted octanol–water partition coefficient (Wildman–Crippen LogP) is 0.875. The Morgan fingerprint density at radius 1 is 0.950 bits per heavy atom. The molecule has 3 aromatic carbocycles. The molecule has 4 atom stereocenters. The number of rotatable bonds is 14. The van der Waals surface area contributed by atoms with Gasteiger partial charge >= 0.3 is 0 Å². The van der Waals surface area contributed by atoms with Crippen molar-refractivity contribution in [3.8, 4) is 40.0 Å². The molecule has 0 saturated heterocycles. The van der Waals surface area contributed by atoms with Gasteiger partial charge in [0.15, 0.2) is 0 Å². The van der Waals surface area contributed by atoms with Gasteiger partial charge in [0, 0.05) is 49.4 Å². The van der Waals surface area contributed by atoms with E-state index < -0.39 is 60.3 Å². The Morgan fingerprint density at radius 2 is 1.62 bits per heavy atom. The summed E-state index contributed by atoms with van der Waals surface area (Å²) in [5.74, 6) is -2.95. The van der Waals surface area contributed by atoms with Crippen LogP contribution in [0.4, 0.5) is 0 Å². The van der Waals surface area contributed by atoms with Crippen LogP contribution in [0.5, 0.6) is 11.5 Å². The Bertz CT molecular complexity index is 2230. The van der Waals surface area contributed by atoms with Crippen LogP contribution in [-0.4, -0.2) is 109 Å². The normalized spacial score (nSPS) is 16.8. The second kappa shape index (κ2) is 20.7. The number of nitrogens with zero attached hydrogens (tertiary/aromatic N) is 3. The van der Waals surface area contributed by atoms with Crippen molar-refractivity contribution in [2.45, 2.75) is 44.4 Å². The van der Waals surface area contributed by atoms with Gasteiger partial charge in [-0.25, -0.2) is 0 Å². The summed E-state index contributed by atoms with van der Waals surface area (Å²) in [7, 11) is 1.33. The van der Waals surface area contributed by atoms with E-state index in [1.807, 2.05) is 37.3 Å². The lowest BCUT2D eigenvalue weighted by atomic mass is 9.93. The fourth-order valence-corrected chi connectivity index (χ4v) is 6.56. The highest BCUT2D eigenvalue weighted by Crippen LogP contribution is 2.40. The zero-order chi connectivity index (χ0) is 43.3. The molecular formula is C43H49N9O8. The van der Waals surface area contributed by atoms with Crippen LogP contribution in [0.2, 0.25) is 0 Å². The van der Waals surface area contributed by atoms with Crippen LogP contribution in [-0.2, 0) is 25.6 Å². The summed E-state index contributed by atoms with van der Waals surface area (Å²) >= 11 is 0. The fourth-order valence-electron chi connectivity index (χ4n) is 6.56. The molecule has 0 aliphatic carbocycles. The first-order valence-electron chi connectivity index (χ1n) is 19.3. The highest BCUT2D eigenvalue weighted by atomic mass is 16.5. The van der Waals surface area contributed by atoms with Crippen molar-refractivity contribution in [2.24, 2.45) is 11.5 Å². The number of carbonyl (C=O) groups is 5. The van der Waals surface area contributed by atoms with Crippen LogP contribution in [0.1, 0.15) is 40.0 Å². The molecule has 60 heavy (non-hydrogen) atoms. The maximum absolute atomic E-state index is 14.4. The minimum absolute atomic E-state index is 0.00634. The Balaban J connectivity index is 1.55. The van der Waals surface area contributed by atoms with Gasteiger partial charge in [0.25, 0.3) is 5.91 Å². The molecule has 1 aliphatic heterocycles. The number of fused-ring (bicyclic) bond motifs is 5. The third kappa shape index (κ3) is 10.8. The van der Waals surface area contributed by atoms with Gasteiger partial charge in [-0.2, -0.15) is 5.26 Å². The topological polar surface area (TPSA) is 264 Å². The molecule has 0 spiro atoms. The molecule has 0 saturated carbocycles.